The maximum atomic E-state index is 11.5. The summed E-state index contributed by atoms with van der Waals surface area (Å²) in [5, 5.41) is 11.4. The normalized spacial score (nSPS) is 10.7. The number of hydrogen-bond donors (Lipinski definition) is 1. The summed E-state index contributed by atoms with van der Waals surface area (Å²) in [5.41, 5.74) is 3.19. The highest BCUT2D eigenvalue weighted by Gasteiger charge is 2.13. The summed E-state index contributed by atoms with van der Waals surface area (Å²) in [5.74, 6) is -0.897. The minimum absolute atomic E-state index is 0.340. The second kappa shape index (κ2) is 4.82. The molecular formula is C18H14O2. The van der Waals surface area contributed by atoms with E-state index < -0.39 is 5.97 Å². The van der Waals surface area contributed by atoms with Gasteiger partial charge in [-0.25, -0.2) is 4.79 Å². The molecule has 0 saturated heterocycles. The van der Waals surface area contributed by atoms with Crippen molar-refractivity contribution >= 4 is 16.7 Å². The first-order chi connectivity index (χ1) is 9.65. The van der Waals surface area contributed by atoms with Gasteiger partial charge in [-0.1, -0.05) is 54.1 Å². The molecule has 0 bridgehead atoms. The van der Waals surface area contributed by atoms with Gasteiger partial charge in [0.1, 0.15) is 0 Å². The van der Waals surface area contributed by atoms with Gasteiger partial charge in [-0.15, -0.1) is 0 Å². The lowest BCUT2D eigenvalue weighted by Crippen LogP contribution is -1.99. The van der Waals surface area contributed by atoms with Gasteiger partial charge in [-0.05, 0) is 41.0 Å². The van der Waals surface area contributed by atoms with Crippen molar-refractivity contribution in [1.29, 1.82) is 0 Å². The molecule has 20 heavy (non-hydrogen) atoms. The van der Waals surface area contributed by atoms with Gasteiger partial charge in [0.25, 0.3) is 0 Å². The number of aryl methyl sites for hydroxylation is 1. The van der Waals surface area contributed by atoms with Crippen LogP contribution in [0.4, 0.5) is 0 Å². The number of aromatic carboxylic acids is 1. The predicted octanol–water partition coefficient (Wildman–Crippen LogP) is 4.51. The molecule has 0 heterocycles. The summed E-state index contributed by atoms with van der Waals surface area (Å²) in [6.45, 7) is 2.02. The molecule has 2 heteroatoms. The highest BCUT2D eigenvalue weighted by Crippen LogP contribution is 2.29. The summed E-state index contributed by atoms with van der Waals surface area (Å²) >= 11 is 0. The highest BCUT2D eigenvalue weighted by atomic mass is 16.4. The average molecular weight is 262 g/mol. The summed E-state index contributed by atoms with van der Waals surface area (Å²) in [7, 11) is 0. The van der Waals surface area contributed by atoms with Crippen LogP contribution in [0.2, 0.25) is 0 Å². The van der Waals surface area contributed by atoms with Crippen LogP contribution in [0, 0.1) is 6.92 Å². The molecule has 0 saturated carbocycles. The second-order valence-electron chi connectivity index (χ2n) is 4.92. The van der Waals surface area contributed by atoms with Gasteiger partial charge in [-0.2, -0.15) is 0 Å². The minimum atomic E-state index is -0.897. The van der Waals surface area contributed by atoms with Crippen LogP contribution in [0.25, 0.3) is 21.9 Å². The third kappa shape index (κ3) is 2.16. The zero-order valence-corrected chi connectivity index (χ0v) is 11.1. The molecule has 0 aromatic heterocycles. The van der Waals surface area contributed by atoms with Crippen molar-refractivity contribution in [3.63, 3.8) is 0 Å². The number of benzene rings is 3. The van der Waals surface area contributed by atoms with Crippen LogP contribution in [0.1, 0.15) is 15.9 Å². The maximum Gasteiger partial charge on any atom is 0.336 e. The van der Waals surface area contributed by atoms with E-state index in [2.05, 4.69) is 0 Å². The highest BCUT2D eigenvalue weighted by molar-refractivity contribution is 6.02. The molecule has 0 atom stereocenters. The molecule has 0 spiro atoms. The molecule has 2 nitrogen and oxygen atoms in total. The lowest BCUT2D eigenvalue weighted by atomic mass is 9.95. The second-order valence-corrected chi connectivity index (χ2v) is 4.92. The molecule has 3 aromatic carbocycles. The Morgan fingerprint density at radius 2 is 1.50 bits per heavy atom. The number of fused-ring (bicyclic) bond motifs is 1. The van der Waals surface area contributed by atoms with E-state index >= 15 is 0 Å². The number of carbonyl (C=O) groups is 1. The van der Waals surface area contributed by atoms with Gasteiger partial charge in [0.15, 0.2) is 0 Å². The smallest absolute Gasteiger partial charge is 0.336 e. The van der Waals surface area contributed by atoms with Crippen LogP contribution < -0.4 is 0 Å². The molecule has 98 valence electrons. The van der Waals surface area contributed by atoms with Crippen molar-refractivity contribution < 1.29 is 9.90 Å². The molecular weight excluding hydrogens is 248 g/mol. The summed E-state index contributed by atoms with van der Waals surface area (Å²) in [4.78, 5) is 11.5. The number of carboxylic acid groups (broad SMARTS) is 1. The Hall–Kier alpha value is -2.61. The standard InChI is InChI=1S/C18H14O2/c1-12-6-8-13(9-7-12)16-10-14-4-2-3-5-15(14)11-17(16)18(19)20/h2-11H,1H3,(H,19,20). The van der Waals surface area contributed by atoms with E-state index in [-0.39, 0.29) is 0 Å². The molecule has 0 amide bonds. The largest absolute Gasteiger partial charge is 0.478 e. The topological polar surface area (TPSA) is 37.3 Å². The number of rotatable bonds is 2. The monoisotopic (exact) mass is 262 g/mol. The van der Waals surface area contributed by atoms with Gasteiger partial charge in [0.2, 0.25) is 0 Å². The Balaban J connectivity index is 2.29. The first-order valence-corrected chi connectivity index (χ1v) is 6.48. The predicted molar refractivity (Wildman–Crippen MR) is 81.1 cm³/mol. The first kappa shape index (κ1) is 12.4. The molecule has 3 aromatic rings. The first-order valence-electron chi connectivity index (χ1n) is 6.48. The molecule has 0 fully saturated rings. The fourth-order valence-electron chi connectivity index (χ4n) is 2.39. The van der Waals surface area contributed by atoms with E-state index in [0.29, 0.717) is 5.56 Å². The maximum absolute atomic E-state index is 11.5. The quantitative estimate of drug-likeness (QED) is 0.737. The number of carboxylic acids is 1. The van der Waals surface area contributed by atoms with Crippen LogP contribution >= 0.6 is 0 Å². The lowest BCUT2D eigenvalue weighted by Gasteiger charge is -2.09. The minimum Gasteiger partial charge on any atom is -0.478 e. The third-order valence-electron chi connectivity index (χ3n) is 3.48. The molecule has 0 aliphatic rings. The fourth-order valence-corrected chi connectivity index (χ4v) is 2.39. The summed E-state index contributed by atoms with van der Waals surface area (Å²) in [6.07, 6.45) is 0. The van der Waals surface area contributed by atoms with Gasteiger partial charge in [-0.3, -0.25) is 0 Å². The Morgan fingerprint density at radius 1 is 0.900 bits per heavy atom. The zero-order valence-electron chi connectivity index (χ0n) is 11.1. The van der Waals surface area contributed by atoms with Crippen molar-refractivity contribution in [2.24, 2.45) is 0 Å². The van der Waals surface area contributed by atoms with E-state index in [0.717, 1.165) is 27.5 Å². The molecule has 0 unspecified atom stereocenters. The number of hydrogen-bond acceptors (Lipinski definition) is 1. The third-order valence-corrected chi connectivity index (χ3v) is 3.48. The Morgan fingerprint density at radius 3 is 2.10 bits per heavy atom. The molecule has 0 radical (unpaired) electrons. The van der Waals surface area contributed by atoms with E-state index in [9.17, 15) is 9.90 Å². The molecule has 0 aliphatic heterocycles. The van der Waals surface area contributed by atoms with Crippen LogP contribution in [0.5, 0.6) is 0 Å². The van der Waals surface area contributed by atoms with Crippen molar-refractivity contribution in [2.75, 3.05) is 0 Å². The van der Waals surface area contributed by atoms with Gasteiger partial charge >= 0.3 is 5.97 Å². The zero-order chi connectivity index (χ0) is 14.1. The van der Waals surface area contributed by atoms with Crippen LogP contribution in [-0.4, -0.2) is 11.1 Å². The van der Waals surface area contributed by atoms with Crippen molar-refractivity contribution in [2.45, 2.75) is 6.92 Å². The van der Waals surface area contributed by atoms with Gasteiger partial charge < -0.3 is 5.11 Å². The van der Waals surface area contributed by atoms with E-state index in [4.69, 9.17) is 0 Å². The van der Waals surface area contributed by atoms with Crippen LogP contribution in [-0.2, 0) is 0 Å². The average Bonchev–Trinajstić information content (AvgIpc) is 2.46. The lowest BCUT2D eigenvalue weighted by molar-refractivity contribution is 0.0698. The van der Waals surface area contributed by atoms with Gasteiger partial charge in [0.05, 0.1) is 5.56 Å². The van der Waals surface area contributed by atoms with Crippen molar-refractivity contribution in [1.82, 2.24) is 0 Å². The Bertz CT molecular complexity index is 786. The van der Waals surface area contributed by atoms with E-state index in [1.54, 1.807) is 6.07 Å². The molecule has 1 N–H and O–H groups in total. The van der Waals surface area contributed by atoms with E-state index in [1.807, 2.05) is 61.5 Å². The summed E-state index contributed by atoms with van der Waals surface area (Å²) < 4.78 is 0. The SMILES string of the molecule is Cc1ccc(-c2cc3ccccc3cc2C(=O)O)cc1. The Labute approximate surface area is 117 Å². The van der Waals surface area contributed by atoms with Gasteiger partial charge in [0, 0.05) is 0 Å². The van der Waals surface area contributed by atoms with Crippen LogP contribution in [0.3, 0.4) is 0 Å². The van der Waals surface area contributed by atoms with Crippen molar-refractivity contribution in [3.8, 4) is 11.1 Å². The fraction of sp³-hybridized carbons (Fsp3) is 0.0556. The summed E-state index contributed by atoms with van der Waals surface area (Å²) in [6, 6.07) is 19.4. The molecule has 0 aliphatic carbocycles. The van der Waals surface area contributed by atoms with E-state index in [1.165, 1.54) is 0 Å². The molecule has 3 rings (SSSR count). The Kier molecular flexibility index (Phi) is 2.99. The van der Waals surface area contributed by atoms with Crippen LogP contribution in [0.15, 0.2) is 60.7 Å². The van der Waals surface area contributed by atoms with Crippen molar-refractivity contribution in [3.05, 3.63) is 71.8 Å².